The van der Waals surface area contributed by atoms with Crippen LogP contribution in [0.1, 0.15) is 32.1 Å². The van der Waals surface area contributed by atoms with Gasteiger partial charge in [0.2, 0.25) is 5.91 Å². The van der Waals surface area contributed by atoms with Crippen LogP contribution in [0.4, 0.5) is 0 Å². The molecule has 0 bridgehead atoms. The number of nitrogens with one attached hydrogen (secondary N) is 2. The smallest absolute Gasteiger partial charge is 0.220 e. The van der Waals surface area contributed by atoms with E-state index in [9.17, 15) is 9.90 Å². The number of ether oxygens (including phenoxy) is 1. The van der Waals surface area contributed by atoms with Crippen LogP contribution in [0.5, 0.6) is 0 Å². The van der Waals surface area contributed by atoms with Gasteiger partial charge in [-0.05, 0) is 38.3 Å². The molecule has 0 spiro atoms. The minimum Gasteiger partial charge on any atom is -0.386 e. The van der Waals surface area contributed by atoms with E-state index < -0.39 is 5.60 Å². The van der Waals surface area contributed by atoms with Crippen LogP contribution in [0.2, 0.25) is 0 Å². The third kappa shape index (κ3) is 4.23. The second-order valence-corrected chi connectivity index (χ2v) is 5.54. The van der Waals surface area contributed by atoms with Crippen molar-refractivity contribution in [2.45, 2.75) is 37.7 Å². The van der Waals surface area contributed by atoms with E-state index in [2.05, 4.69) is 10.6 Å². The summed E-state index contributed by atoms with van der Waals surface area (Å²) < 4.78 is 5.14. The highest BCUT2D eigenvalue weighted by Gasteiger charge is 2.32. The lowest BCUT2D eigenvalue weighted by Gasteiger charge is -2.23. The summed E-state index contributed by atoms with van der Waals surface area (Å²) in [5.74, 6) is 0.726. The topological polar surface area (TPSA) is 70.6 Å². The number of hydrogen-bond acceptors (Lipinski definition) is 4. The van der Waals surface area contributed by atoms with Crippen LogP contribution in [0.3, 0.4) is 0 Å². The Balaban J connectivity index is 1.59. The van der Waals surface area contributed by atoms with E-state index >= 15 is 0 Å². The monoisotopic (exact) mass is 256 g/mol. The second kappa shape index (κ2) is 6.50. The van der Waals surface area contributed by atoms with Crippen LogP contribution in [0.15, 0.2) is 0 Å². The molecule has 2 aliphatic heterocycles. The Morgan fingerprint density at radius 1 is 1.44 bits per heavy atom. The molecule has 0 aromatic heterocycles. The number of carbonyl (C=O) groups excluding carboxylic acids is 1. The molecule has 5 heteroatoms. The Bertz CT molecular complexity index is 271. The summed E-state index contributed by atoms with van der Waals surface area (Å²) in [6, 6.07) is 0. The van der Waals surface area contributed by atoms with Gasteiger partial charge in [-0.1, -0.05) is 0 Å². The van der Waals surface area contributed by atoms with Crippen LogP contribution in [0.25, 0.3) is 0 Å². The van der Waals surface area contributed by atoms with Gasteiger partial charge in [-0.15, -0.1) is 0 Å². The molecule has 0 saturated carbocycles. The second-order valence-electron chi connectivity index (χ2n) is 5.54. The fraction of sp³-hybridized carbons (Fsp3) is 0.923. The Morgan fingerprint density at radius 2 is 2.22 bits per heavy atom. The highest BCUT2D eigenvalue weighted by atomic mass is 16.5. The first kappa shape index (κ1) is 13.8. The number of hydrogen-bond donors (Lipinski definition) is 3. The number of carbonyl (C=O) groups is 1. The molecule has 0 radical (unpaired) electrons. The highest BCUT2D eigenvalue weighted by molar-refractivity contribution is 5.75. The van der Waals surface area contributed by atoms with E-state index in [0.29, 0.717) is 38.5 Å². The number of piperidine rings is 1. The third-order valence-electron chi connectivity index (χ3n) is 3.94. The van der Waals surface area contributed by atoms with Gasteiger partial charge in [-0.25, -0.2) is 0 Å². The first-order valence-electron chi connectivity index (χ1n) is 6.95. The van der Waals surface area contributed by atoms with E-state index in [-0.39, 0.29) is 5.91 Å². The fourth-order valence-electron chi connectivity index (χ4n) is 2.59. The van der Waals surface area contributed by atoms with E-state index in [0.717, 1.165) is 19.5 Å². The van der Waals surface area contributed by atoms with Crippen molar-refractivity contribution < 1.29 is 14.6 Å². The Labute approximate surface area is 108 Å². The quantitative estimate of drug-likeness (QED) is 0.649. The summed E-state index contributed by atoms with van der Waals surface area (Å²) >= 11 is 0. The van der Waals surface area contributed by atoms with E-state index in [1.165, 1.54) is 12.8 Å². The van der Waals surface area contributed by atoms with Gasteiger partial charge < -0.3 is 20.5 Å². The van der Waals surface area contributed by atoms with Crippen molar-refractivity contribution in [3.63, 3.8) is 0 Å². The molecule has 2 heterocycles. The van der Waals surface area contributed by atoms with Gasteiger partial charge >= 0.3 is 0 Å². The molecule has 0 aliphatic carbocycles. The Morgan fingerprint density at radius 3 is 2.89 bits per heavy atom. The zero-order valence-electron chi connectivity index (χ0n) is 10.9. The summed E-state index contributed by atoms with van der Waals surface area (Å²) in [4.78, 5) is 11.7. The lowest BCUT2D eigenvalue weighted by Crippen LogP contribution is -2.43. The SMILES string of the molecule is O=C(CCC1CCNCC1)NCC1(O)CCOC1. The number of aliphatic hydroxyl groups is 1. The molecule has 1 amide bonds. The van der Waals surface area contributed by atoms with Gasteiger partial charge in [-0.2, -0.15) is 0 Å². The molecule has 5 nitrogen and oxygen atoms in total. The minimum atomic E-state index is -0.843. The van der Waals surface area contributed by atoms with Crippen molar-refractivity contribution in [3.8, 4) is 0 Å². The average molecular weight is 256 g/mol. The number of amides is 1. The maximum Gasteiger partial charge on any atom is 0.220 e. The summed E-state index contributed by atoms with van der Waals surface area (Å²) in [5.41, 5.74) is -0.843. The van der Waals surface area contributed by atoms with Gasteiger partial charge in [0, 0.05) is 26.0 Å². The van der Waals surface area contributed by atoms with Crippen molar-refractivity contribution >= 4 is 5.91 Å². The molecule has 104 valence electrons. The van der Waals surface area contributed by atoms with Gasteiger partial charge in [0.1, 0.15) is 5.60 Å². The van der Waals surface area contributed by atoms with Crippen LogP contribution in [-0.2, 0) is 9.53 Å². The van der Waals surface area contributed by atoms with Crippen molar-refractivity contribution in [2.75, 3.05) is 32.8 Å². The third-order valence-corrected chi connectivity index (χ3v) is 3.94. The largest absolute Gasteiger partial charge is 0.386 e. The van der Waals surface area contributed by atoms with E-state index in [1.54, 1.807) is 0 Å². The van der Waals surface area contributed by atoms with Crippen molar-refractivity contribution in [1.82, 2.24) is 10.6 Å². The first-order chi connectivity index (χ1) is 8.68. The molecule has 18 heavy (non-hydrogen) atoms. The first-order valence-corrected chi connectivity index (χ1v) is 6.95. The molecule has 0 aromatic rings. The molecule has 3 N–H and O–H groups in total. The van der Waals surface area contributed by atoms with E-state index in [4.69, 9.17) is 4.74 Å². The normalized spacial score (nSPS) is 29.4. The summed E-state index contributed by atoms with van der Waals surface area (Å²) in [6.07, 6.45) is 4.49. The molecule has 0 aromatic carbocycles. The molecule has 2 fully saturated rings. The maximum absolute atomic E-state index is 11.7. The molecule has 2 saturated heterocycles. The Hall–Kier alpha value is -0.650. The van der Waals surface area contributed by atoms with Crippen LogP contribution in [0, 0.1) is 5.92 Å². The lowest BCUT2D eigenvalue weighted by atomic mass is 9.93. The molecule has 2 aliphatic rings. The zero-order valence-corrected chi connectivity index (χ0v) is 10.9. The summed E-state index contributed by atoms with van der Waals surface area (Å²) in [5, 5.41) is 16.2. The predicted octanol–water partition coefficient (Wildman–Crippen LogP) is 0.0338. The molecule has 2 rings (SSSR count). The molecule has 1 unspecified atom stereocenters. The van der Waals surface area contributed by atoms with Crippen molar-refractivity contribution in [1.29, 1.82) is 0 Å². The van der Waals surface area contributed by atoms with Crippen molar-refractivity contribution in [2.24, 2.45) is 5.92 Å². The minimum absolute atomic E-state index is 0.0499. The molecule has 1 atom stereocenters. The maximum atomic E-state index is 11.7. The van der Waals surface area contributed by atoms with Gasteiger partial charge in [0.05, 0.1) is 6.61 Å². The summed E-state index contributed by atoms with van der Waals surface area (Å²) in [7, 11) is 0. The van der Waals surface area contributed by atoms with E-state index in [1.807, 2.05) is 0 Å². The Kier molecular flexibility index (Phi) is 4.97. The lowest BCUT2D eigenvalue weighted by molar-refractivity contribution is -0.122. The van der Waals surface area contributed by atoms with Gasteiger partial charge in [0.25, 0.3) is 0 Å². The van der Waals surface area contributed by atoms with Gasteiger partial charge in [-0.3, -0.25) is 4.79 Å². The summed E-state index contributed by atoms with van der Waals surface area (Å²) in [6.45, 7) is 3.38. The average Bonchev–Trinajstić information content (AvgIpc) is 2.83. The molecular weight excluding hydrogens is 232 g/mol. The molecular formula is C13H24N2O3. The van der Waals surface area contributed by atoms with Crippen LogP contribution >= 0.6 is 0 Å². The number of rotatable bonds is 5. The fourth-order valence-corrected chi connectivity index (χ4v) is 2.59. The predicted molar refractivity (Wildman–Crippen MR) is 68.2 cm³/mol. The van der Waals surface area contributed by atoms with Crippen LogP contribution in [-0.4, -0.2) is 49.5 Å². The standard InChI is InChI=1S/C13H24N2O3/c16-12(2-1-11-3-6-14-7-4-11)15-9-13(17)5-8-18-10-13/h11,14,17H,1-10H2,(H,15,16). The zero-order chi connectivity index (χ0) is 12.8. The van der Waals surface area contributed by atoms with Gasteiger partial charge in [0.15, 0.2) is 0 Å². The van der Waals surface area contributed by atoms with Crippen LogP contribution < -0.4 is 10.6 Å². The highest BCUT2D eigenvalue weighted by Crippen LogP contribution is 2.19. The van der Waals surface area contributed by atoms with Crippen molar-refractivity contribution in [3.05, 3.63) is 0 Å².